The lowest BCUT2D eigenvalue weighted by molar-refractivity contribution is 0.335. The SMILES string of the molecule is CCOc1ccccc1CC(N)c1ccc(Cl)cc1. The van der Waals surface area contributed by atoms with Gasteiger partial charge in [-0.25, -0.2) is 0 Å². The summed E-state index contributed by atoms with van der Waals surface area (Å²) in [5.41, 5.74) is 8.45. The van der Waals surface area contributed by atoms with Crippen molar-refractivity contribution in [2.24, 2.45) is 5.73 Å². The van der Waals surface area contributed by atoms with E-state index in [0.717, 1.165) is 28.3 Å². The van der Waals surface area contributed by atoms with Gasteiger partial charge in [-0.1, -0.05) is 41.9 Å². The van der Waals surface area contributed by atoms with E-state index in [1.807, 2.05) is 49.4 Å². The smallest absolute Gasteiger partial charge is 0.122 e. The molecule has 0 saturated carbocycles. The summed E-state index contributed by atoms with van der Waals surface area (Å²) >= 11 is 5.88. The Balaban J connectivity index is 2.14. The van der Waals surface area contributed by atoms with Crippen LogP contribution in [0.2, 0.25) is 5.02 Å². The zero-order chi connectivity index (χ0) is 13.7. The first kappa shape index (κ1) is 13.9. The Morgan fingerprint density at radius 3 is 2.47 bits per heavy atom. The van der Waals surface area contributed by atoms with Crippen LogP contribution in [0.15, 0.2) is 48.5 Å². The molecule has 0 aliphatic heterocycles. The van der Waals surface area contributed by atoms with Crippen molar-refractivity contribution >= 4 is 11.6 Å². The van der Waals surface area contributed by atoms with Gasteiger partial charge in [-0.2, -0.15) is 0 Å². The summed E-state index contributed by atoms with van der Waals surface area (Å²) in [7, 11) is 0. The van der Waals surface area contributed by atoms with Gasteiger partial charge < -0.3 is 10.5 Å². The second-order valence-electron chi connectivity index (χ2n) is 4.40. The van der Waals surface area contributed by atoms with E-state index in [4.69, 9.17) is 22.1 Å². The molecule has 0 aromatic heterocycles. The Hall–Kier alpha value is -1.51. The molecule has 19 heavy (non-hydrogen) atoms. The lowest BCUT2D eigenvalue weighted by Gasteiger charge is -2.15. The minimum Gasteiger partial charge on any atom is -0.494 e. The maximum absolute atomic E-state index is 6.24. The maximum Gasteiger partial charge on any atom is 0.122 e. The number of ether oxygens (including phenoxy) is 1. The van der Waals surface area contributed by atoms with Crippen LogP contribution in [0.1, 0.15) is 24.1 Å². The molecule has 2 rings (SSSR count). The molecule has 0 saturated heterocycles. The molecule has 0 radical (unpaired) electrons. The summed E-state index contributed by atoms with van der Waals surface area (Å²) in [5, 5.41) is 0.727. The van der Waals surface area contributed by atoms with Gasteiger partial charge in [0.15, 0.2) is 0 Å². The zero-order valence-corrected chi connectivity index (χ0v) is 11.7. The number of benzene rings is 2. The van der Waals surface area contributed by atoms with E-state index in [1.165, 1.54) is 0 Å². The van der Waals surface area contributed by atoms with E-state index < -0.39 is 0 Å². The summed E-state index contributed by atoms with van der Waals surface area (Å²) in [6, 6.07) is 15.6. The average molecular weight is 276 g/mol. The van der Waals surface area contributed by atoms with Gasteiger partial charge in [-0.05, 0) is 42.7 Å². The van der Waals surface area contributed by atoms with Crippen molar-refractivity contribution in [3.05, 3.63) is 64.7 Å². The highest BCUT2D eigenvalue weighted by Crippen LogP contribution is 2.24. The normalized spacial score (nSPS) is 12.2. The third-order valence-electron chi connectivity index (χ3n) is 3.01. The van der Waals surface area contributed by atoms with Crippen molar-refractivity contribution in [2.75, 3.05) is 6.61 Å². The van der Waals surface area contributed by atoms with E-state index in [1.54, 1.807) is 0 Å². The minimum atomic E-state index is -0.0566. The molecule has 2 N–H and O–H groups in total. The van der Waals surface area contributed by atoms with Crippen LogP contribution in [0.3, 0.4) is 0 Å². The summed E-state index contributed by atoms with van der Waals surface area (Å²) in [6.07, 6.45) is 0.748. The number of hydrogen-bond acceptors (Lipinski definition) is 2. The van der Waals surface area contributed by atoms with Gasteiger partial charge in [0.25, 0.3) is 0 Å². The van der Waals surface area contributed by atoms with Crippen LogP contribution in [0.4, 0.5) is 0 Å². The predicted molar refractivity (Wildman–Crippen MR) is 79.7 cm³/mol. The highest BCUT2D eigenvalue weighted by atomic mass is 35.5. The maximum atomic E-state index is 6.24. The summed E-state index contributed by atoms with van der Waals surface area (Å²) in [5.74, 6) is 0.911. The molecule has 0 amide bonds. The first-order valence-corrected chi connectivity index (χ1v) is 6.80. The molecule has 0 aliphatic carbocycles. The molecule has 0 spiro atoms. The van der Waals surface area contributed by atoms with Crippen LogP contribution in [0.5, 0.6) is 5.75 Å². The molecule has 0 heterocycles. The van der Waals surface area contributed by atoms with Gasteiger partial charge in [0.2, 0.25) is 0 Å². The van der Waals surface area contributed by atoms with E-state index in [0.29, 0.717) is 6.61 Å². The predicted octanol–water partition coefficient (Wildman–Crippen LogP) is 3.98. The minimum absolute atomic E-state index is 0.0566. The fourth-order valence-electron chi connectivity index (χ4n) is 2.03. The van der Waals surface area contributed by atoms with E-state index in [9.17, 15) is 0 Å². The van der Waals surface area contributed by atoms with Crippen LogP contribution < -0.4 is 10.5 Å². The van der Waals surface area contributed by atoms with Crippen LogP contribution in [0.25, 0.3) is 0 Å². The van der Waals surface area contributed by atoms with Gasteiger partial charge in [-0.3, -0.25) is 0 Å². The molecule has 2 aromatic rings. The van der Waals surface area contributed by atoms with Gasteiger partial charge >= 0.3 is 0 Å². The first-order chi connectivity index (χ1) is 9.20. The number of para-hydroxylation sites is 1. The van der Waals surface area contributed by atoms with Crippen molar-refractivity contribution in [2.45, 2.75) is 19.4 Å². The van der Waals surface area contributed by atoms with Gasteiger partial charge in [-0.15, -0.1) is 0 Å². The van der Waals surface area contributed by atoms with E-state index in [2.05, 4.69) is 6.07 Å². The molecule has 3 heteroatoms. The Kier molecular flexibility index (Phi) is 4.83. The Labute approximate surface area is 119 Å². The Morgan fingerprint density at radius 1 is 1.11 bits per heavy atom. The molecule has 100 valence electrons. The van der Waals surface area contributed by atoms with Gasteiger partial charge in [0, 0.05) is 11.1 Å². The second kappa shape index (κ2) is 6.60. The number of hydrogen-bond donors (Lipinski definition) is 1. The number of nitrogens with two attached hydrogens (primary N) is 1. The fraction of sp³-hybridized carbons (Fsp3) is 0.250. The van der Waals surface area contributed by atoms with Crippen LogP contribution in [-0.4, -0.2) is 6.61 Å². The molecule has 1 unspecified atom stereocenters. The first-order valence-electron chi connectivity index (χ1n) is 6.42. The molecule has 1 atom stereocenters. The molecule has 2 nitrogen and oxygen atoms in total. The fourth-order valence-corrected chi connectivity index (χ4v) is 2.16. The molecule has 0 bridgehead atoms. The zero-order valence-electron chi connectivity index (χ0n) is 11.0. The topological polar surface area (TPSA) is 35.2 Å². The third kappa shape index (κ3) is 3.72. The van der Waals surface area contributed by atoms with Crippen molar-refractivity contribution < 1.29 is 4.74 Å². The Bertz CT molecular complexity index is 525. The van der Waals surface area contributed by atoms with Gasteiger partial charge in [0.05, 0.1) is 6.61 Å². The van der Waals surface area contributed by atoms with Crippen molar-refractivity contribution in [1.82, 2.24) is 0 Å². The third-order valence-corrected chi connectivity index (χ3v) is 3.26. The Morgan fingerprint density at radius 2 is 1.79 bits per heavy atom. The van der Waals surface area contributed by atoms with Crippen LogP contribution in [0, 0.1) is 0 Å². The quantitative estimate of drug-likeness (QED) is 0.896. The number of rotatable bonds is 5. The summed E-state index contributed by atoms with van der Waals surface area (Å²) in [4.78, 5) is 0. The van der Waals surface area contributed by atoms with Crippen molar-refractivity contribution in [3.8, 4) is 5.75 Å². The van der Waals surface area contributed by atoms with Gasteiger partial charge in [0.1, 0.15) is 5.75 Å². The molecular formula is C16H18ClNO. The monoisotopic (exact) mass is 275 g/mol. The van der Waals surface area contributed by atoms with Crippen LogP contribution >= 0.6 is 11.6 Å². The number of halogens is 1. The standard InChI is InChI=1S/C16H18ClNO/c1-2-19-16-6-4-3-5-13(16)11-15(18)12-7-9-14(17)10-8-12/h3-10,15H,2,11,18H2,1H3. The molecular weight excluding hydrogens is 258 g/mol. The highest BCUT2D eigenvalue weighted by Gasteiger charge is 2.10. The van der Waals surface area contributed by atoms with E-state index >= 15 is 0 Å². The highest BCUT2D eigenvalue weighted by molar-refractivity contribution is 6.30. The largest absolute Gasteiger partial charge is 0.494 e. The lowest BCUT2D eigenvalue weighted by Crippen LogP contribution is -2.14. The molecule has 0 aliphatic rings. The molecule has 0 fully saturated rings. The van der Waals surface area contributed by atoms with Crippen LogP contribution in [-0.2, 0) is 6.42 Å². The van der Waals surface area contributed by atoms with E-state index in [-0.39, 0.29) is 6.04 Å². The van der Waals surface area contributed by atoms with Crippen molar-refractivity contribution in [3.63, 3.8) is 0 Å². The lowest BCUT2D eigenvalue weighted by atomic mass is 9.99. The molecule has 2 aromatic carbocycles. The van der Waals surface area contributed by atoms with Crippen molar-refractivity contribution in [1.29, 1.82) is 0 Å². The summed E-state index contributed by atoms with van der Waals surface area (Å²) in [6.45, 7) is 2.64. The summed E-state index contributed by atoms with van der Waals surface area (Å²) < 4.78 is 5.62. The average Bonchev–Trinajstić information content (AvgIpc) is 2.42. The second-order valence-corrected chi connectivity index (χ2v) is 4.84.